The summed E-state index contributed by atoms with van der Waals surface area (Å²) in [6.45, 7) is 8.14. The molecule has 3 aromatic rings. The number of halogens is 2. The molecular weight excluding hydrogens is 635 g/mol. The molecule has 1 atom stereocenters. The zero-order valence-electron chi connectivity index (χ0n) is 27.8. The lowest BCUT2D eigenvalue weighted by molar-refractivity contribution is -0.111. The third-order valence-corrected chi connectivity index (χ3v) is 9.98. The van der Waals surface area contributed by atoms with Gasteiger partial charge in [-0.25, -0.2) is 19.4 Å². The molecule has 0 saturated carbocycles. The number of anilines is 5. The van der Waals surface area contributed by atoms with Crippen LogP contribution in [0.2, 0.25) is 5.02 Å². The zero-order chi connectivity index (χ0) is 33.8. The molecule has 256 valence electrons. The summed E-state index contributed by atoms with van der Waals surface area (Å²) in [5.41, 5.74) is 2.99. The summed E-state index contributed by atoms with van der Waals surface area (Å²) in [5.74, 6) is 0.861. The molecule has 3 aliphatic heterocycles. The van der Waals surface area contributed by atoms with Crippen LogP contribution < -0.4 is 25.3 Å². The van der Waals surface area contributed by atoms with Crippen molar-refractivity contribution in [3.63, 3.8) is 0 Å². The van der Waals surface area contributed by atoms with Crippen LogP contribution in [0.3, 0.4) is 0 Å². The van der Waals surface area contributed by atoms with Crippen molar-refractivity contribution in [2.24, 2.45) is 0 Å². The molecule has 1 amide bonds. The normalized spacial score (nSPS) is 19.5. The number of piperidine rings is 2. The molecule has 1 aromatic heterocycles. The molecule has 3 fully saturated rings. The third kappa shape index (κ3) is 7.52. The lowest BCUT2D eigenvalue weighted by Gasteiger charge is -2.43. The lowest BCUT2D eigenvalue weighted by Crippen LogP contribution is -2.50. The van der Waals surface area contributed by atoms with Crippen LogP contribution in [0, 0.1) is 5.82 Å². The minimum Gasteiger partial charge on any atom is -0.494 e. The smallest absolute Gasteiger partial charge is 0.247 e. The summed E-state index contributed by atoms with van der Waals surface area (Å²) >= 11 is 6.08. The van der Waals surface area contributed by atoms with E-state index in [1.165, 1.54) is 31.3 Å². The van der Waals surface area contributed by atoms with Gasteiger partial charge in [-0.3, -0.25) is 9.63 Å². The Bertz CT molecular complexity index is 1610. The molecule has 0 radical (unpaired) electrons. The van der Waals surface area contributed by atoms with Gasteiger partial charge in [-0.2, -0.15) is 0 Å². The number of amides is 1. The number of benzene rings is 2. The summed E-state index contributed by atoms with van der Waals surface area (Å²) < 4.78 is 19.7. The predicted molar refractivity (Wildman–Crippen MR) is 188 cm³/mol. The Labute approximate surface area is 286 Å². The van der Waals surface area contributed by atoms with Gasteiger partial charge in [0.2, 0.25) is 5.91 Å². The van der Waals surface area contributed by atoms with E-state index in [4.69, 9.17) is 21.2 Å². The number of nitrogens with zero attached hydrogens (tertiary/aromatic N) is 6. The lowest BCUT2D eigenvalue weighted by atomic mass is 9.97. The van der Waals surface area contributed by atoms with Gasteiger partial charge in [-0.15, -0.1) is 0 Å². The van der Waals surface area contributed by atoms with Crippen molar-refractivity contribution in [1.82, 2.24) is 19.8 Å². The van der Waals surface area contributed by atoms with Crippen molar-refractivity contribution in [2.45, 2.75) is 50.2 Å². The Kier molecular flexibility index (Phi) is 10.6. The Morgan fingerprint density at radius 3 is 2.52 bits per heavy atom. The van der Waals surface area contributed by atoms with E-state index >= 15 is 0 Å². The van der Waals surface area contributed by atoms with Gasteiger partial charge >= 0.3 is 0 Å². The van der Waals surface area contributed by atoms with Gasteiger partial charge < -0.3 is 30.1 Å². The fraction of sp³-hybridized carbons (Fsp3) is 0.457. The molecule has 0 spiro atoms. The molecule has 3 saturated heterocycles. The molecular formula is C35H44ClFN8O3. The van der Waals surface area contributed by atoms with E-state index in [0.717, 1.165) is 50.3 Å². The molecule has 11 nitrogen and oxygen atoms in total. The van der Waals surface area contributed by atoms with Gasteiger partial charge in [-0.05, 0) is 82.7 Å². The van der Waals surface area contributed by atoms with Crippen LogP contribution in [0.25, 0.3) is 0 Å². The van der Waals surface area contributed by atoms with Crippen molar-refractivity contribution >= 4 is 46.2 Å². The maximum absolute atomic E-state index is 13.8. The van der Waals surface area contributed by atoms with E-state index in [0.29, 0.717) is 53.9 Å². The highest BCUT2D eigenvalue weighted by Crippen LogP contribution is 2.41. The molecule has 0 unspecified atom stereocenters. The van der Waals surface area contributed by atoms with Gasteiger partial charge in [-0.1, -0.05) is 24.2 Å². The average Bonchev–Trinajstić information content (AvgIpc) is 3.60. The quantitative estimate of drug-likeness (QED) is 0.248. The van der Waals surface area contributed by atoms with Gasteiger partial charge in [0.05, 0.1) is 41.8 Å². The van der Waals surface area contributed by atoms with Gasteiger partial charge in [0.1, 0.15) is 23.7 Å². The monoisotopic (exact) mass is 678 g/mol. The Morgan fingerprint density at radius 2 is 1.83 bits per heavy atom. The summed E-state index contributed by atoms with van der Waals surface area (Å²) in [5, 5.41) is 8.11. The van der Waals surface area contributed by atoms with Gasteiger partial charge in [0, 0.05) is 43.7 Å². The highest BCUT2D eigenvalue weighted by molar-refractivity contribution is 6.30. The van der Waals surface area contributed by atoms with Gasteiger partial charge in [0.25, 0.3) is 0 Å². The summed E-state index contributed by atoms with van der Waals surface area (Å²) in [6.07, 6.45) is 7.92. The van der Waals surface area contributed by atoms with Crippen LogP contribution in [0.4, 0.5) is 33.1 Å². The molecule has 2 N–H and O–H groups in total. The first kappa shape index (κ1) is 33.9. The number of ether oxygens (including phenoxy) is 1. The summed E-state index contributed by atoms with van der Waals surface area (Å²) in [6, 6.07) is 11.3. The minimum atomic E-state index is -0.469. The predicted octanol–water partition coefficient (Wildman–Crippen LogP) is 6.02. The molecule has 48 heavy (non-hydrogen) atoms. The maximum atomic E-state index is 13.8. The number of aromatic nitrogens is 2. The first-order valence-electron chi connectivity index (χ1n) is 16.5. The number of rotatable bonds is 10. The van der Waals surface area contributed by atoms with Gasteiger partial charge in [0.15, 0.2) is 5.82 Å². The Hall–Kier alpha value is -3.97. The van der Waals surface area contributed by atoms with E-state index in [1.807, 2.05) is 12.1 Å². The number of hydrogen-bond donors (Lipinski definition) is 2. The highest BCUT2D eigenvalue weighted by Gasteiger charge is 2.31. The number of carbonyl (C=O) groups is 1. The highest BCUT2D eigenvalue weighted by atomic mass is 35.5. The fourth-order valence-electron chi connectivity index (χ4n) is 7.01. The number of hydroxylamine groups is 1. The van der Waals surface area contributed by atoms with Crippen LogP contribution in [0.15, 0.2) is 55.4 Å². The van der Waals surface area contributed by atoms with E-state index in [1.54, 1.807) is 30.4 Å². The van der Waals surface area contributed by atoms with Crippen LogP contribution in [0.5, 0.6) is 5.75 Å². The molecule has 6 rings (SSSR count). The topological polar surface area (TPSA) is 98.3 Å². The second-order valence-corrected chi connectivity index (χ2v) is 13.1. The van der Waals surface area contributed by atoms with Crippen molar-refractivity contribution in [2.75, 3.05) is 74.6 Å². The third-order valence-electron chi connectivity index (χ3n) is 9.69. The van der Waals surface area contributed by atoms with Crippen LogP contribution in [0.1, 0.15) is 43.7 Å². The largest absolute Gasteiger partial charge is 0.494 e. The SMILES string of the molecule is C=CC(=O)Nc1cc(Nc2cc(N3OCC[C@@H]3c3ccc(F)c(Cl)c3)ncn2)c(OC)cc1N1CCC(N2CCC(N(C)C)CC2)CC1. The minimum absolute atomic E-state index is 0.0592. The first-order valence-corrected chi connectivity index (χ1v) is 16.9. The van der Waals surface area contributed by atoms with Crippen LogP contribution in [-0.4, -0.2) is 91.7 Å². The van der Waals surface area contributed by atoms with E-state index in [9.17, 15) is 9.18 Å². The Morgan fingerprint density at radius 1 is 1.06 bits per heavy atom. The molecule has 13 heteroatoms. The van der Waals surface area contributed by atoms with E-state index < -0.39 is 5.82 Å². The van der Waals surface area contributed by atoms with Crippen molar-refractivity contribution in [1.29, 1.82) is 0 Å². The van der Waals surface area contributed by atoms with E-state index in [-0.39, 0.29) is 17.0 Å². The number of hydrogen-bond acceptors (Lipinski definition) is 10. The van der Waals surface area contributed by atoms with Crippen molar-refractivity contribution in [3.05, 3.63) is 71.8 Å². The van der Waals surface area contributed by atoms with Crippen molar-refractivity contribution < 1.29 is 18.8 Å². The summed E-state index contributed by atoms with van der Waals surface area (Å²) in [7, 11) is 5.97. The number of likely N-dealkylation sites (tertiary alicyclic amines) is 1. The number of nitrogens with one attached hydrogen (secondary N) is 2. The number of carbonyl (C=O) groups excluding carboxylic acids is 1. The second kappa shape index (κ2) is 15.1. The molecule has 2 aromatic carbocycles. The molecule has 3 aliphatic rings. The summed E-state index contributed by atoms with van der Waals surface area (Å²) in [4.78, 5) is 34.7. The molecule has 4 heterocycles. The molecule has 0 aliphatic carbocycles. The maximum Gasteiger partial charge on any atom is 0.247 e. The number of methoxy groups -OCH3 is 1. The molecule has 0 bridgehead atoms. The standard InChI is InChI=1S/C35H44ClFN8O3/c1-5-35(46)41-28-19-29(32(47-4)20-31(28)44-15-10-25(11-16-44)43-13-8-24(9-14-43)42(2)3)40-33-21-34(39-22-38-33)45-30(12-17-48-45)23-6-7-27(37)26(36)18-23/h5-7,18-22,24-25,30H,1,8-17H2,2-4H3,(H,41,46)(H,38,39,40)/t30-/m1/s1. The van der Waals surface area contributed by atoms with E-state index in [2.05, 4.69) is 56.0 Å². The van der Waals surface area contributed by atoms with Crippen LogP contribution >= 0.6 is 11.6 Å². The zero-order valence-corrected chi connectivity index (χ0v) is 28.5. The first-order chi connectivity index (χ1) is 23.2. The van der Waals surface area contributed by atoms with Crippen molar-refractivity contribution in [3.8, 4) is 5.75 Å². The second-order valence-electron chi connectivity index (χ2n) is 12.7. The Balaban J connectivity index is 1.20. The fourth-order valence-corrected chi connectivity index (χ4v) is 7.20. The average molecular weight is 679 g/mol. The van der Waals surface area contributed by atoms with Crippen LogP contribution in [-0.2, 0) is 9.63 Å².